The zero-order valence-electron chi connectivity index (χ0n) is 12.1. The summed E-state index contributed by atoms with van der Waals surface area (Å²) in [4.78, 5) is 24.0. The number of aliphatic hydroxyl groups excluding tert-OH is 1. The van der Waals surface area contributed by atoms with Crippen molar-refractivity contribution in [2.45, 2.75) is 26.1 Å². The normalized spacial score (nSPS) is 13.4. The first kappa shape index (κ1) is 18.3. The second-order valence-electron chi connectivity index (χ2n) is 4.39. The number of carbonyl (C=O) groups excluding carboxylic acids is 2. The monoisotopic (exact) mass is 285 g/mol. The summed E-state index contributed by atoms with van der Waals surface area (Å²) in [5.74, 6) is -0.986. The van der Waals surface area contributed by atoms with E-state index in [1.807, 2.05) is 4.90 Å². The van der Waals surface area contributed by atoms with Crippen molar-refractivity contribution >= 4 is 11.9 Å². The third kappa shape index (κ3) is 8.44. The van der Waals surface area contributed by atoms with Crippen LogP contribution >= 0.6 is 0 Å². The van der Waals surface area contributed by atoms with E-state index >= 15 is 0 Å². The SMILES string of the molecule is C=CC(=O)OC(C)CN(CCO)CC(C)OC(=O)C=C. The minimum atomic E-state index is -0.493. The first-order valence-electron chi connectivity index (χ1n) is 6.42. The van der Waals surface area contributed by atoms with Crippen molar-refractivity contribution in [3.8, 4) is 0 Å². The zero-order chi connectivity index (χ0) is 15.5. The Morgan fingerprint density at radius 1 is 1.10 bits per heavy atom. The van der Waals surface area contributed by atoms with E-state index in [1.54, 1.807) is 13.8 Å². The van der Waals surface area contributed by atoms with Crippen molar-refractivity contribution in [3.05, 3.63) is 25.3 Å². The Morgan fingerprint density at radius 3 is 1.80 bits per heavy atom. The van der Waals surface area contributed by atoms with Gasteiger partial charge in [0.2, 0.25) is 0 Å². The van der Waals surface area contributed by atoms with Gasteiger partial charge in [0.1, 0.15) is 12.2 Å². The lowest BCUT2D eigenvalue weighted by Gasteiger charge is -2.27. The average Bonchev–Trinajstić information content (AvgIpc) is 2.38. The van der Waals surface area contributed by atoms with Gasteiger partial charge in [0.15, 0.2) is 0 Å². The third-order valence-electron chi connectivity index (χ3n) is 2.41. The van der Waals surface area contributed by atoms with Gasteiger partial charge in [-0.25, -0.2) is 9.59 Å². The molecule has 0 amide bonds. The summed E-state index contributed by atoms with van der Waals surface area (Å²) < 4.78 is 10.1. The molecule has 0 saturated heterocycles. The van der Waals surface area contributed by atoms with Gasteiger partial charge in [-0.2, -0.15) is 0 Å². The van der Waals surface area contributed by atoms with Crippen molar-refractivity contribution < 1.29 is 24.2 Å². The molecule has 2 unspecified atom stereocenters. The lowest BCUT2D eigenvalue weighted by molar-refractivity contribution is -0.144. The molecule has 0 heterocycles. The van der Waals surface area contributed by atoms with E-state index in [0.717, 1.165) is 12.2 Å². The van der Waals surface area contributed by atoms with Crippen LogP contribution in [0, 0.1) is 0 Å². The third-order valence-corrected chi connectivity index (χ3v) is 2.41. The number of nitrogens with zero attached hydrogens (tertiary/aromatic N) is 1. The molecule has 0 rings (SSSR count). The fourth-order valence-electron chi connectivity index (χ4n) is 1.69. The molecule has 2 atom stereocenters. The van der Waals surface area contributed by atoms with Crippen LogP contribution in [-0.4, -0.2) is 60.4 Å². The number of hydrogen-bond acceptors (Lipinski definition) is 6. The Morgan fingerprint density at radius 2 is 1.50 bits per heavy atom. The van der Waals surface area contributed by atoms with Crippen molar-refractivity contribution in [3.63, 3.8) is 0 Å². The van der Waals surface area contributed by atoms with Crippen molar-refractivity contribution in [1.29, 1.82) is 0 Å². The number of rotatable bonds is 10. The molecule has 0 saturated carbocycles. The molecule has 0 spiro atoms. The molecule has 0 aliphatic rings. The molecule has 20 heavy (non-hydrogen) atoms. The molecule has 0 aromatic carbocycles. The lowest BCUT2D eigenvalue weighted by Crippen LogP contribution is -2.40. The molecular formula is C14H23NO5. The first-order chi connectivity index (χ1) is 9.42. The molecule has 6 heteroatoms. The van der Waals surface area contributed by atoms with E-state index in [1.165, 1.54) is 0 Å². The predicted octanol–water partition coefficient (Wildman–Crippen LogP) is 0.516. The predicted molar refractivity (Wildman–Crippen MR) is 75.0 cm³/mol. The van der Waals surface area contributed by atoms with Crippen LogP contribution in [0.5, 0.6) is 0 Å². The van der Waals surface area contributed by atoms with E-state index in [0.29, 0.717) is 19.6 Å². The summed E-state index contributed by atoms with van der Waals surface area (Å²) in [7, 11) is 0. The highest BCUT2D eigenvalue weighted by Crippen LogP contribution is 2.02. The number of esters is 2. The first-order valence-corrected chi connectivity index (χ1v) is 6.42. The quantitative estimate of drug-likeness (QED) is 0.466. The van der Waals surface area contributed by atoms with Gasteiger partial charge < -0.3 is 14.6 Å². The molecular weight excluding hydrogens is 262 g/mol. The lowest BCUT2D eigenvalue weighted by atomic mass is 10.3. The Balaban J connectivity index is 4.33. The molecule has 0 radical (unpaired) electrons. The van der Waals surface area contributed by atoms with E-state index in [2.05, 4.69) is 13.2 Å². The molecule has 6 nitrogen and oxygen atoms in total. The maximum Gasteiger partial charge on any atom is 0.330 e. The van der Waals surface area contributed by atoms with Gasteiger partial charge in [-0.15, -0.1) is 0 Å². The van der Waals surface area contributed by atoms with Crippen LogP contribution < -0.4 is 0 Å². The van der Waals surface area contributed by atoms with Crippen molar-refractivity contribution in [2.24, 2.45) is 0 Å². The number of carbonyl (C=O) groups is 2. The van der Waals surface area contributed by atoms with Crippen molar-refractivity contribution in [2.75, 3.05) is 26.2 Å². The van der Waals surface area contributed by atoms with Crippen LogP contribution in [0.3, 0.4) is 0 Å². The van der Waals surface area contributed by atoms with Crippen LogP contribution in [0.4, 0.5) is 0 Å². The molecule has 0 aliphatic carbocycles. The van der Waals surface area contributed by atoms with E-state index in [-0.39, 0.29) is 18.8 Å². The van der Waals surface area contributed by atoms with Crippen LogP contribution in [0.1, 0.15) is 13.8 Å². The molecule has 0 aromatic heterocycles. The molecule has 114 valence electrons. The minimum absolute atomic E-state index is 0.0375. The second kappa shape index (κ2) is 10.2. The van der Waals surface area contributed by atoms with Gasteiger partial charge in [0, 0.05) is 31.8 Å². The maximum absolute atomic E-state index is 11.1. The Labute approximate surface area is 119 Å². The summed E-state index contributed by atoms with van der Waals surface area (Å²) in [5.41, 5.74) is 0. The van der Waals surface area contributed by atoms with E-state index in [9.17, 15) is 9.59 Å². The van der Waals surface area contributed by atoms with Crippen LogP contribution in [0.2, 0.25) is 0 Å². The van der Waals surface area contributed by atoms with Crippen LogP contribution in [-0.2, 0) is 19.1 Å². The summed E-state index contributed by atoms with van der Waals surface area (Å²) in [6.45, 7) is 11.3. The minimum Gasteiger partial charge on any atom is -0.458 e. The standard InChI is InChI=1S/C14H23NO5/c1-5-13(17)19-11(3)9-15(7-8-16)10-12(4)20-14(18)6-2/h5-6,11-12,16H,1-2,7-10H2,3-4H3. The highest BCUT2D eigenvalue weighted by molar-refractivity contribution is 5.81. The van der Waals surface area contributed by atoms with Crippen LogP contribution in [0.25, 0.3) is 0 Å². The highest BCUT2D eigenvalue weighted by Gasteiger charge is 2.16. The van der Waals surface area contributed by atoms with Gasteiger partial charge in [-0.05, 0) is 13.8 Å². The average molecular weight is 285 g/mol. The molecule has 0 fully saturated rings. The van der Waals surface area contributed by atoms with E-state index < -0.39 is 11.9 Å². The number of aliphatic hydroxyl groups is 1. The summed E-state index contributed by atoms with van der Waals surface area (Å²) in [5, 5.41) is 9.03. The highest BCUT2D eigenvalue weighted by atomic mass is 16.5. The fourth-order valence-corrected chi connectivity index (χ4v) is 1.69. The Kier molecular flexibility index (Phi) is 9.32. The fraction of sp³-hybridized carbons (Fsp3) is 0.571. The van der Waals surface area contributed by atoms with E-state index in [4.69, 9.17) is 14.6 Å². The zero-order valence-corrected chi connectivity index (χ0v) is 12.1. The summed E-state index contributed by atoms with van der Waals surface area (Å²) >= 11 is 0. The Bertz CT molecular complexity index is 312. The second-order valence-corrected chi connectivity index (χ2v) is 4.39. The van der Waals surface area contributed by atoms with Gasteiger partial charge in [-0.1, -0.05) is 13.2 Å². The molecule has 0 aromatic rings. The van der Waals surface area contributed by atoms with Crippen molar-refractivity contribution in [1.82, 2.24) is 4.90 Å². The largest absolute Gasteiger partial charge is 0.458 e. The summed E-state index contributed by atoms with van der Waals surface area (Å²) in [6.07, 6.45) is 1.49. The van der Waals surface area contributed by atoms with Gasteiger partial charge in [-0.3, -0.25) is 4.90 Å². The Hall–Kier alpha value is -1.66. The van der Waals surface area contributed by atoms with Gasteiger partial charge in [0.05, 0.1) is 6.61 Å². The maximum atomic E-state index is 11.1. The molecule has 0 bridgehead atoms. The van der Waals surface area contributed by atoms with Crippen LogP contribution in [0.15, 0.2) is 25.3 Å². The smallest absolute Gasteiger partial charge is 0.330 e. The van der Waals surface area contributed by atoms with Gasteiger partial charge in [0.25, 0.3) is 0 Å². The molecule has 0 aliphatic heterocycles. The number of hydrogen-bond donors (Lipinski definition) is 1. The number of ether oxygens (including phenoxy) is 2. The summed E-state index contributed by atoms with van der Waals surface area (Å²) in [6, 6.07) is 0. The van der Waals surface area contributed by atoms with Gasteiger partial charge >= 0.3 is 11.9 Å². The topological polar surface area (TPSA) is 76.1 Å². The molecule has 1 N–H and O–H groups in total.